The predicted octanol–water partition coefficient (Wildman–Crippen LogP) is 1.55. The lowest BCUT2D eigenvalue weighted by atomic mass is 10.2. The van der Waals surface area contributed by atoms with Crippen molar-refractivity contribution in [3.05, 3.63) is 79.9 Å². The van der Waals surface area contributed by atoms with Crippen molar-refractivity contribution < 1.29 is 14.1 Å². The van der Waals surface area contributed by atoms with Crippen molar-refractivity contribution in [1.82, 2.24) is 19.3 Å². The molecule has 0 saturated heterocycles. The number of carbonyl (C=O) groups is 1. The van der Waals surface area contributed by atoms with Crippen molar-refractivity contribution in [2.24, 2.45) is 7.05 Å². The van der Waals surface area contributed by atoms with Crippen molar-refractivity contribution in [3.63, 3.8) is 0 Å². The summed E-state index contributed by atoms with van der Waals surface area (Å²) >= 11 is 1.02. The first-order chi connectivity index (χ1) is 13.5. The first-order valence-electron chi connectivity index (χ1n) is 8.24. The van der Waals surface area contributed by atoms with Gasteiger partial charge in [0.25, 0.3) is 11.4 Å². The van der Waals surface area contributed by atoms with Gasteiger partial charge in [-0.25, -0.2) is 9.59 Å². The molecule has 0 N–H and O–H groups in total. The molecule has 0 unspecified atom stereocenters. The summed E-state index contributed by atoms with van der Waals surface area (Å²) in [6.45, 7) is -0.0284. The third-order valence-electron chi connectivity index (χ3n) is 4.13. The Hall–Kier alpha value is -3.53. The molecule has 0 saturated carbocycles. The third-order valence-corrected chi connectivity index (χ3v) is 5.32. The number of aryl methyl sites for hydroxylation is 1. The molecule has 1 aromatic carbocycles. The standard InChI is InChI=1S/C18H14N4O5S/c1-21-16-12(7-13(28-16)17(24)26-9-14-19-10-20-27-14)15(23)22(18(21)25)8-11-5-3-2-4-6-11/h2-7,10H,8-9H2,1H3. The number of benzene rings is 1. The molecule has 28 heavy (non-hydrogen) atoms. The van der Waals surface area contributed by atoms with Crippen molar-refractivity contribution >= 4 is 27.5 Å². The molecule has 4 rings (SSSR count). The summed E-state index contributed by atoms with van der Waals surface area (Å²) in [5.41, 5.74) is -0.0707. The normalized spacial score (nSPS) is 11.0. The Morgan fingerprint density at radius 2 is 2.04 bits per heavy atom. The van der Waals surface area contributed by atoms with E-state index in [-0.39, 0.29) is 29.3 Å². The van der Waals surface area contributed by atoms with Crippen LogP contribution in [0.2, 0.25) is 0 Å². The molecule has 10 heteroatoms. The number of rotatable bonds is 5. The van der Waals surface area contributed by atoms with Gasteiger partial charge in [0, 0.05) is 7.05 Å². The Balaban J connectivity index is 1.70. The Morgan fingerprint density at radius 3 is 2.75 bits per heavy atom. The maximum Gasteiger partial charge on any atom is 0.348 e. The highest BCUT2D eigenvalue weighted by Gasteiger charge is 2.19. The van der Waals surface area contributed by atoms with Crippen LogP contribution >= 0.6 is 11.3 Å². The van der Waals surface area contributed by atoms with Gasteiger partial charge in [-0.2, -0.15) is 4.98 Å². The van der Waals surface area contributed by atoms with Crippen LogP contribution in [0.3, 0.4) is 0 Å². The molecule has 0 radical (unpaired) electrons. The van der Waals surface area contributed by atoms with Gasteiger partial charge in [-0.1, -0.05) is 35.5 Å². The van der Waals surface area contributed by atoms with E-state index in [1.54, 1.807) is 7.05 Å². The molecule has 0 amide bonds. The van der Waals surface area contributed by atoms with Crippen LogP contribution in [0.5, 0.6) is 0 Å². The van der Waals surface area contributed by atoms with E-state index in [0.717, 1.165) is 21.5 Å². The van der Waals surface area contributed by atoms with Gasteiger partial charge in [-0.3, -0.25) is 13.9 Å². The summed E-state index contributed by atoms with van der Waals surface area (Å²) in [6, 6.07) is 10.7. The smallest absolute Gasteiger partial charge is 0.348 e. The quantitative estimate of drug-likeness (QED) is 0.469. The zero-order valence-corrected chi connectivity index (χ0v) is 15.5. The fraction of sp³-hybridized carbons (Fsp3) is 0.167. The highest BCUT2D eigenvalue weighted by atomic mass is 32.1. The molecule has 142 valence electrons. The Bertz CT molecular complexity index is 1260. The van der Waals surface area contributed by atoms with Crippen LogP contribution in [0.15, 0.2) is 56.8 Å². The Labute approximate surface area is 161 Å². The number of aromatic nitrogens is 4. The lowest BCUT2D eigenvalue weighted by Gasteiger charge is -2.08. The van der Waals surface area contributed by atoms with E-state index in [4.69, 9.17) is 9.26 Å². The molecule has 0 aliphatic carbocycles. The van der Waals surface area contributed by atoms with E-state index in [9.17, 15) is 14.4 Å². The number of ether oxygens (including phenoxy) is 1. The molecule has 3 heterocycles. The first-order valence-corrected chi connectivity index (χ1v) is 9.06. The van der Waals surface area contributed by atoms with Gasteiger partial charge in [0.15, 0.2) is 12.9 Å². The van der Waals surface area contributed by atoms with Crippen LogP contribution in [-0.4, -0.2) is 25.2 Å². The molecule has 0 atom stereocenters. The largest absolute Gasteiger partial charge is 0.451 e. The van der Waals surface area contributed by atoms with Crippen molar-refractivity contribution in [3.8, 4) is 0 Å². The molecular weight excluding hydrogens is 384 g/mol. The summed E-state index contributed by atoms with van der Waals surface area (Å²) in [4.78, 5) is 42.2. The number of esters is 1. The van der Waals surface area contributed by atoms with Crippen molar-refractivity contribution in [1.29, 1.82) is 0 Å². The zero-order valence-electron chi connectivity index (χ0n) is 14.7. The SMILES string of the molecule is Cn1c(=O)n(Cc2ccccc2)c(=O)c2cc(C(=O)OCc3ncno3)sc21. The second-order valence-electron chi connectivity index (χ2n) is 5.96. The topological polar surface area (TPSA) is 109 Å². The van der Waals surface area contributed by atoms with Gasteiger partial charge < -0.3 is 9.26 Å². The number of carbonyl (C=O) groups excluding carboxylic acids is 1. The second kappa shape index (κ2) is 7.24. The van der Waals surface area contributed by atoms with E-state index in [0.29, 0.717) is 4.83 Å². The molecule has 0 aliphatic heterocycles. The van der Waals surface area contributed by atoms with Gasteiger partial charge in [-0.05, 0) is 11.6 Å². The van der Waals surface area contributed by atoms with E-state index < -0.39 is 17.2 Å². The van der Waals surface area contributed by atoms with Crippen LogP contribution in [0.1, 0.15) is 21.1 Å². The molecule has 0 aliphatic rings. The average molecular weight is 398 g/mol. The fourth-order valence-corrected chi connectivity index (χ4v) is 3.75. The lowest BCUT2D eigenvalue weighted by molar-refractivity contribution is 0.0435. The summed E-state index contributed by atoms with van der Waals surface area (Å²) in [6.07, 6.45) is 1.20. The van der Waals surface area contributed by atoms with E-state index in [2.05, 4.69) is 10.1 Å². The molecule has 0 bridgehead atoms. The minimum Gasteiger partial charge on any atom is -0.451 e. The molecular formula is C18H14N4O5S. The van der Waals surface area contributed by atoms with Crippen molar-refractivity contribution in [2.45, 2.75) is 13.2 Å². The zero-order chi connectivity index (χ0) is 19.7. The van der Waals surface area contributed by atoms with Crippen molar-refractivity contribution in [2.75, 3.05) is 0 Å². The van der Waals surface area contributed by atoms with E-state index in [1.807, 2.05) is 30.3 Å². The van der Waals surface area contributed by atoms with E-state index in [1.165, 1.54) is 17.0 Å². The molecule has 3 aromatic heterocycles. The highest BCUT2D eigenvalue weighted by Crippen LogP contribution is 2.23. The van der Waals surface area contributed by atoms with Gasteiger partial charge in [-0.15, -0.1) is 11.3 Å². The molecule has 4 aromatic rings. The average Bonchev–Trinajstić information content (AvgIpc) is 3.38. The van der Waals surface area contributed by atoms with Gasteiger partial charge in [0.1, 0.15) is 9.71 Å². The Morgan fingerprint density at radius 1 is 1.25 bits per heavy atom. The summed E-state index contributed by atoms with van der Waals surface area (Å²) < 4.78 is 12.4. The number of fused-ring (bicyclic) bond motifs is 1. The van der Waals surface area contributed by atoms with Gasteiger partial charge in [0.05, 0.1) is 11.9 Å². The summed E-state index contributed by atoms with van der Waals surface area (Å²) in [7, 11) is 1.57. The Kier molecular flexibility index (Phi) is 4.62. The summed E-state index contributed by atoms with van der Waals surface area (Å²) in [5.74, 6) is -0.479. The van der Waals surface area contributed by atoms with E-state index >= 15 is 0 Å². The minimum atomic E-state index is -0.638. The van der Waals surface area contributed by atoms with Crippen LogP contribution in [0, 0.1) is 0 Å². The van der Waals surface area contributed by atoms with Gasteiger partial charge in [0.2, 0.25) is 0 Å². The van der Waals surface area contributed by atoms with Crippen LogP contribution < -0.4 is 11.2 Å². The first kappa shape index (κ1) is 17.9. The van der Waals surface area contributed by atoms with Crippen LogP contribution in [0.4, 0.5) is 0 Å². The number of thiophene rings is 1. The predicted molar refractivity (Wildman–Crippen MR) is 100 cm³/mol. The summed E-state index contributed by atoms with van der Waals surface area (Å²) in [5, 5.41) is 3.71. The van der Waals surface area contributed by atoms with Gasteiger partial charge >= 0.3 is 11.7 Å². The highest BCUT2D eigenvalue weighted by molar-refractivity contribution is 7.20. The monoisotopic (exact) mass is 398 g/mol. The molecule has 0 spiro atoms. The minimum absolute atomic E-state index is 0.148. The van der Waals surface area contributed by atoms with Crippen LogP contribution in [-0.2, 0) is 24.9 Å². The maximum absolute atomic E-state index is 12.9. The lowest BCUT2D eigenvalue weighted by Crippen LogP contribution is -2.38. The molecule has 9 nitrogen and oxygen atoms in total. The fourth-order valence-electron chi connectivity index (χ4n) is 2.75. The second-order valence-corrected chi connectivity index (χ2v) is 6.99. The maximum atomic E-state index is 12.9. The molecule has 0 fully saturated rings. The third kappa shape index (κ3) is 3.25. The number of nitrogens with zero attached hydrogens (tertiary/aromatic N) is 4. The number of hydrogen-bond donors (Lipinski definition) is 0. The van der Waals surface area contributed by atoms with Crippen LogP contribution in [0.25, 0.3) is 10.2 Å². The number of hydrogen-bond acceptors (Lipinski definition) is 8.